The molecule has 0 fully saturated rings. The standard InChI is InChI=1S/C42H38N2O2/c1-2-20-43-21-3-5-32-13-14-33-6-4-22-44-36(15-10-30-12-17-40-35(26-30)19-24-46-40)27-31(28-38(44)42(33)41(32)37(43)7-1)9-8-29-11-16-39-34(25-29)18-23-45-39/h1-2,7-17,20,25-28H,3-6,18-19,21-24H2/q+2/b9-8+,15-10+. The Hall–Kier alpha value is -4.96. The van der Waals surface area contributed by atoms with E-state index in [4.69, 9.17) is 9.47 Å². The van der Waals surface area contributed by atoms with Gasteiger partial charge in [-0.3, -0.25) is 0 Å². The molecule has 2 aromatic heterocycles. The SMILES string of the molecule is C(=C\c1cc(/C=C/c2ccc3c(c2)CCO3)[n+]2c(c1)-c1c(ccc3c1-c1cccc[n+]1CCC3)CCC2)/c1ccc2c(c1)CCO2. The molecule has 0 atom stereocenters. The molecule has 3 aromatic carbocycles. The fourth-order valence-corrected chi connectivity index (χ4v) is 7.81. The van der Waals surface area contributed by atoms with E-state index in [1.165, 1.54) is 67.2 Å². The lowest BCUT2D eigenvalue weighted by Gasteiger charge is -2.14. The van der Waals surface area contributed by atoms with Gasteiger partial charge in [0.05, 0.1) is 24.3 Å². The molecular weight excluding hydrogens is 564 g/mol. The maximum Gasteiger partial charge on any atom is 0.214 e. The molecule has 0 unspecified atom stereocenters. The Kier molecular flexibility index (Phi) is 6.80. The molecule has 0 radical (unpaired) electrons. The average Bonchev–Trinajstić information content (AvgIpc) is 3.67. The fraction of sp³-hybridized carbons (Fsp3) is 0.238. The van der Waals surface area contributed by atoms with E-state index < -0.39 is 0 Å². The van der Waals surface area contributed by atoms with Gasteiger partial charge in [0.1, 0.15) is 24.6 Å². The highest BCUT2D eigenvalue weighted by Gasteiger charge is 2.32. The van der Waals surface area contributed by atoms with E-state index in [0.29, 0.717) is 0 Å². The Balaban J connectivity index is 1.22. The Labute approximate surface area is 270 Å². The maximum absolute atomic E-state index is 5.78. The predicted molar refractivity (Wildman–Crippen MR) is 183 cm³/mol. The molecule has 4 aliphatic rings. The van der Waals surface area contributed by atoms with Gasteiger partial charge in [-0.1, -0.05) is 36.4 Å². The van der Waals surface area contributed by atoms with Crippen molar-refractivity contribution in [3.63, 3.8) is 0 Å². The number of hydrogen-bond donors (Lipinski definition) is 0. The van der Waals surface area contributed by atoms with Gasteiger partial charge >= 0.3 is 0 Å². The molecule has 4 heteroatoms. The van der Waals surface area contributed by atoms with Gasteiger partial charge in [0.2, 0.25) is 17.1 Å². The van der Waals surface area contributed by atoms with Crippen LogP contribution in [0.3, 0.4) is 0 Å². The van der Waals surface area contributed by atoms with E-state index in [1.54, 1.807) is 0 Å². The van der Waals surface area contributed by atoms with Gasteiger partial charge in [-0.2, -0.15) is 9.13 Å². The molecule has 9 rings (SSSR count). The molecule has 5 aromatic rings. The fourth-order valence-electron chi connectivity index (χ4n) is 7.81. The number of fused-ring (bicyclic) bond motifs is 9. The second kappa shape index (κ2) is 11.4. The number of nitrogens with zero attached hydrogens (tertiary/aromatic N) is 2. The highest BCUT2D eigenvalue weighted by molar-refractivity contribution is 5.85. The molecule has 0 amide bonds. The van der Waals surface area contributed by atoms with Gasteiger partial charge in [-0.15, -0.1) is 0 Å². The molecule has 0 bridgehead atoms. The van der Waals surface area contributed by atoms with Crippen LogP contribution in [0.15, 0.2) is 85.1 Å². The molecule has 0 aliphatic carbocycles. The van der Waals surface area contributed by atoms with Gasteiger partial charge in [-0.25, -0.2) is 0 Å². The van der Waals surface area contributed by atoms with E-state index in [1.807, 2.05) is 0 Å². The van der Waals surface area contributed by atoms with Gasteiger partial charge in [0.15, 0.2) is 6.20 Å². The highest BCUT2D eigenvalue weighted by atomic mass is 16.5. The van der Waals surface area contributed by atoms with E-state index in [-0.39, 0.29) is 0 Å². The largest absolute Gasteiger partial charge is 0.493 e. The molecule has 0 N–H and O–H groups in total. The summed E-state index contributed by atoms with van der Waals surface area (Å²) in [7, 11) is 0. The Morgan fingerprint density at radius 1 is 0.522 bits per heavy atom. The van der Waals surface area contributed by atoms with Crippen LogP contribution in [-0.4, -0.2) is 13.2 Å². The van der Waals surface area contributed by atoms with Crippen molar-refractivity contribution in [2.75, 3.05) is 13.2 Å². The lowest BCUT2D eigenvalue weighted by Crippen LogP contribution is -2.39. The zero-order valence-electron chi connectivity index (χ0n) is 26.2. The van der Waals surface area contributed by atoms with Crippen molar-refractivity contribution in [2.45, 2.75) is 51.6 Å². The normalized spacial score (nSPS) is 16.0. The first-order valence-corrected chi connectivity index (χ1v) is 16.9. The van der Waals surface area contributed by atoms with Crippen LogP contribution in [0.1, 0.15) is 57.5 Å². The summed E-state index contributed by atoms with van der Waals surface area (Å²) in [4.78, 5) is 0. The van der Waals surface area contributed by atoms with Crippen molar-refractivity contribution in [1.82, 2.24) is 0 Å². The summed E-state index contributed by atoms with van der Waals surface area (Å²) >= 11 is 0. The summed E-state index contributed by atoms with van der Waals surface area (Å²) in [5.74, 6) is 2.06. The van der Waals surface area contributed by atoms with Crippen molar-refractivity contribution in [2.24, 2.45) is 0 Å². The summed E-state index contributed by atoms with van der Waals surface area (Å²) in [5.41, 5.74) is 15.9. The van der Waals surface area contributed by atoms with Crippen molar-refractivity contribution < 1.29 is 18.6 Å². The summed E-state index contributed by atoms with van der Waals surface area (Å²) in [6.45, 7) is 3.60. The minimum absolute atomic E-state index is 0.780. The first-order valence-electron chi connectivity index (χ1n) is 16.9. The topological polar surface area (TPSA) is 26.2 Å². The van der Waals surface area contributed by atoms with E-state index >= 15 is 0 Å². The molecule has 0 saturated heterocycles. The monoisotopic (exact) mass is 602 g/mol. The van der Waals surface area contributed by atoms with Crippen LogP contribution in [0.25, 0.3) is 46.8 Å². The van der Waals surface area contributed by atoms with Crippen LogP contribution in [0.5, 0.6) is 11.5 Å². The number of aromatic nitrogens is 2. The highest BCUT2D eigenvalue weighted by Crippen LogP contribution is 2.39. The molecule has 4 aliphatic heterocycles. The molecule has 4 nitrogen and oxygen atoms in total. The predicted octanol–water partition coefficient (Wildman–Crippen LogP) is 7.70. The number of ether oxygens (including phenoxy) is 2. The third-order valence-electron chi connectivity index (χ3n) is 10.1. The zero-order chi connectivity index (χ0) is 30.5. The summed E-state index contributed by atoms with van der Waals surface area (Å²) in [5, 5.41) is 0. The molecule has 226 valence electrons. The Bertz CT molecular complexity index is 2070. The van der Waals surface area contributed by atoms with Gasteiger partial charge in [0.25, 0.3) is 0 Å². The van der Waals surface area contributed by atoms with E-state index in [0.717, 1.165) is 76.3 Å². The van der Waals surface area contributed by atoms with Crippen LogP contribution in [-0.2, 0) is 38.8 Å². The van der Waals surface area contributed by atoms with Crippen LogP contribution >= 0.6 is 0 Å². The smallest absolute Gasteiger partial charge is 0.214 e. The molecular formula is C42H38N2O2+2. The van der Waals surface area contributed by atoms with Crippen LogP contribution in [0, 0.1) is 0 Å². The lowest BCUT2D eigenvalue weighted by molar-refractivity contribution is -0.688. The van der Waals surface area contributed by atoms with Gasteiger partial charge in [-0.05, 0) is 88.2 Å². The second-order valence-electron chi connectivity index (χ2n) is 13.0. The number of rotatable bonds is 4. The third-order valence-corrected chi connectivity index (χ3v) is 10.1. The molecule has 0 spiro atoms. The quantitative estimate of drug-likeness (QED) is 0.197. The first-order chi connectivity index (χ1) is 22.8. The first kappa shape index (κ1) is 27.4. The van der Waals surface area contributed by atoms with E-state index in [9.17, 15) is 0 Å². The summed E-state index contributed by atoms with van der Waals surface area (Å²) in [6.07, 6.45) is 17.8. The minimum atomic E-state index is 0.780. The number of pyridine rings is 2. The van der Waals surface area contributed by atoms with Crippen LogP contribution in [0.4, 0.5) is 0 Å². The number of benzene rings is 3. The van der Waals surface area contributed by atoms with Crippen molar-refractivity contribution in [1.29, 1.82) is 0 Å². The maximum atomic E-state index is 5.78. The number of aryl methyl sites for hydroxylation is 3. The summed E-state index contributed by atoms with van der Waals surface area (Å²) in [6, 6.07) is 29.4. The van der Waals surface area contributed by atoms with Gasteiger partial charge < -0.3 is 9.47 Å². The second-order valence-corrected chi connectivity index (χ2v) is 13.0. The number of hydrogen-bond acceptors (Lipinski definition) is 2. The Morgan fingerprint density at radius 2 is 1.17 bits per heavy atom. The van der Waals surface area contributed by atoms with Crippen molar-refractivity contribution in [3.05, 3.63) is 130 Å². The zero-order valence-corrected chi connectivity index (χ0v) is 26.2. The van der Waals surface area contributed by atoms with E-state index in [2.05, 4.69) is 118 Å². The van der Waals surface area contributed by atoms with Crippen molar-refractivity contribution in [3.8, 4) is 34.0 Å². The molecule has 6 heterocycles. The van der Waals surface area contributed by atoms with Crippen LogP contribution in [0.2, 0.25) is 0 Å². The average molecular weight is 603 g/mol. The van der Waals surface area contributed by atoms with Crippen molar-refractivity contribution >= 4 is 24.3 Å². The minimum Gasteiger partial charge on any atom is -0.493 e. The molecule has 0 saturated carbocycles. The lowest BCUT2D eigenvalue weighted by atomic mass is 9.88. The van der Waals surface area contributed by atoms with Crippen LogP contribution < -0.4 is 18.6 Å². The Morgan fingerprint density at radius 3 is 1.91 bits per heavy atom. The summed E-state index contributed by atoms with van der Waals surface area (Å²) < 4.78 is 16.6. The third kappa shape index (κ3) is 4.93. The van der Waals surface area contributed by atoms with Gasteiger partial charge in [0, 0.05) is 56.0 Å². The molecule has 46 heavy (non-hydrogen) atoms.